The highest BCUT2D eigenvalue weighted by Gasteiger charge is 2.05. The molecule has 0 fully saturated rings. The van der Waals surface area contributed by atoms with Gasteiger partial charge in [-0.1, -0.05) is 6.07 Å². The molecule has 0 aliphatic carbocycles. The van der Waals surface area contributed by atoms with Crippen molar-refractivity contribution in [1.29, 1.82) is 0 Å². The molecule has 2 rings (SSSR count). The number of benzene rings is 1. The molecule has 2 aromatic rings. The molecular weight excluding hydrogens is 193 g/mol. The average molecular weight is 205 g/mol. The lowest BCUT2D eigenvalue weighted by molar-refractivity contribution is 0.617. The topological polar surface area (TPSA) is 43.8 Å². The van der Waals surface area contributed by atoms with Crippen molar-refractivity contribution in [2.45, 2.75) is 13.5 Å². The van der Waals surface area contributed by atoms with E-state index in [4.69, 9.17) is 5.73 Å². The second-order valence-corrected chi connectivity index (χ2v) is 3.36. The van der Waals surface area contributed by atoms with E-state index in [0.29, 0.717) is 12.1 Å². The zero-order valence-corrected chi connectivity index (χ0v) is 8.44. The molecule has 2 N–H and O–H groups in total. The molecule has 15 heavy (non-hydrogen) atoms. The number of hydrogen-bond acceptors (Lipinski definition) is 2. The van der Waals surface area contributed by atoms with Crippen LogP contribution in [0.3, 0.4) is 0 Å². The Kier molecular flexibility index (Phi) is 2.51. The summed E-state index contributed by atoms with van der Waals surface area (Å²) in [7, 11) is 0. The smallest absolute Gasteiger partial charge is 0.128 e. The summed E-state index contributed by atoms with van der Waals surface area (Å²) in [6.07, 6.45) is 3.45. The first-order valence-electron chi connectivity index (χ1n) is 4.71. The SMILES string of the molecule is Cc1c(F)cccc1-n1cnc(CN)c1. The zero-order valence-electron chi connectivity index (χ0n) is 8.44. The Hall–Kier alpha value is -1.68. The van der Waals surface area contributed by atoms with E-state index in [-0.39, 0.29) is 5.82 Å². The fraction of sp³-hybridized carbons (Fsp3) is 0.182. The van der Waals surface area contributed by atoms with Gasteiger partial charge in [0, 0.05) is 18.3 Å². The number of halogens is 1. The van der Waals surface area contributed by atoms with Gasteiger partial charge in [0.25, 0.3) is 0 Å². The summed E-state index contributed by atoms with van der Waals surface area (Å²) in [5.74, 6) is -0.213. The van der Waals surface area contributed by atoms with E-state index in [1.165, 1.54) is 6.07 Å². The molecule has 0 radical (unpaired) electrons. The number of aromatic nitrogens is 2. The van der Waals surface area contributed by atoms with E-state index in [1.54, 1.807) is 23.9 Å². The Balaban J connectivity index is 2.49. The maximum Gasteiger partial charge on any atom is 0.128 e. The van der Waals surface area contributed by atoms with E-state index < -0.39 is 0 Å². The number of nitrogens with two attached hydrogens (primary N) is 1. The highest BCUT2D eigenvalue weighted by Crippen LogP contribution is 2.16. The van der Waals surface area contributed by atoms with Gasteiger partial charge in [0.05, 0.1) is 17.7 Å². The third-order valence-corrected chi connectivity index (χ3v) is 2.36. The molecular formula is C11H12FN3. The standard InChI is InChI=1S/C11H12FN3/c1-8-10(12)3-2-4-11(8)15-6-9(5-13)14-7-15/h2-4,6-7H,5,13H2,1H3. The van der Waals surface area contributed by atoms with E-state index in [1.807, 2.05) is 12.3 Å². The Bertz CT molecular complexity index is 476. The van der Waals surface area contributed by atoms with Gasteiger partial charge in [-0.15, -0.1) is 0 Å². The first-order valence-corrected chi connectivity index (χ1v) is 4.71. The molecule has 0 aliphatic heterocycles. The van der Waals surface area contributed by atoms with Gasteiger partial charge in [0.1, 0.15) is 5.82 Å². The van der Waals surface area contributed by atoms with Crippen LogP contribution in [0.25, 0.3) is 5.69 Å². The molecule has 1 aromatic heterocycles. The largest absolute Gasteiger partial charge is 0.325 e. The van der Waals surface area contributed by atoms with Crippen LogP contribution >= 0.6 is 0 Å². The molecule has 0 unspecified atom stereocenters. The molecule has 1 heterocycles. The molecule has 0 atom stereocenters. The van der Waals surface area contributed by atoms with Gasteiger partial charge < -0.3 is 10.3 Å². The first kappa shape index (κ1) is 9.86. The minimum absolute atomic E-state index is 0.213. The summed E-state index contributed by atoms with van der Waals surface area (Å²) in [5, 5.41) is 0. The quantitative estimate of drug-likeness (QED) is 0.812. The van der Waals surface area contributed by atoms with E-state index in [2.05, 4.69) is 4.98 Å². The molecule has 0 bridgehead atoms. The Labute approximate surface area is 87.4 Å². The first-order chi connectivity index (χ1) is 7.22. The number of nitrogens with zero attached hydrogens (tertiary/aromatic N) is 2. The van der Waals surface area contributed by atoms with Crippen LogP contribution in [0.2, 0.25) is 0 Å². The summed E-state index contributed by atoms with van der Waals surface area (Å²) in [4.78, 5) is 4.10. The summed E-state index contributed by atoms with van der Waals surface area (Å²) < 4.78 is 15.1. The Morgan fingerprint density at radius 2 is 2.27 bits per heavy atom. The summed E-state index contributed by atoms with van der Waals surface area (Å²) in [6.45, 7) is 2.13. The van der Waals surface area contributed by atoms with Gasteiger partial charge in [0.2, 0.25) is 0 Å². The normalized spacial score (nSPS) is 10.6. The minimum atomic E-state index is -0.213. The second kappa shape index (κ2) is 3.82. The van der Waals surface area contributed by atoms with Gasteiger partial charge in [-0.2, -0.15) is 0 Å². The van der Waals surface area contributed by atoms with E-state index in [0.717, 1.165) is 11.4 Å². The van der Waals surface area contributed by atoms with Gasteiger partial charge >= 0.3 is 0 Å². The molecule has 0 saturated carbocycles. The third kappa shape index (κ3) is 1.76. The van der Waals surface area contributed by atoms with E-state index >= 15 is 0 Å². The number of rotatable bonds is 2. The highest BCUT2D eigenvalue weighted by molar-refractivity contribution is 5.41. The molecule has 0 aliphatic rings. The van der Waals surface area contributed by atoms with Gasteiger partial charge in [0.15, 0.2) is 0 Å². The van der Waals surface area contributed by atoms with Crippen LogP contribution in [-0.4, -0.2) is 9.55 Å². The number of imidazole rings is 1. The molecule has 0 saturated heterocycles. The van der Waals surface area contributed by atoms with Gasteiger partial charge in [-0.3, -0.25) is 0 Å². The lowest BCUT2D eigenvalue weighted by Gasteiger charge is -2.06. The monoisotopic (exact) mass is 205 g/mol. The molecule has 4 heteroatoms. The van der Waals surface area contributed by atoms with Crippen LogP contribution in [0, 0.1) is 12.7 Å². The maximum absolute atomic E-state index is 13.3. The Morgan fingerprint density at radius 3 is 2.93 bits per heavy atom. The lowest BCUT2D eigenvalue weighted by atomic mass is 10.2. The molecule has 0 spiro atoms. The van der Waals surface area contributed by atoms with Crippen molar-refractivity contribution >= 4 is 0 Å². The van der Waals surface area contributed by atoms with Crippen molar-refractivity contribution in [3.8, 4) is 5.69 Å². The lowest BCUT2D eigenvalue weighted by Crippen LogP contribution is -1.97. The number of hydrogen-bond donors (Lipinski definition) is 1. The average Bonchev–Trinajstić information content (AvgIpc) is 2.70. The zero-order chi connectivity index (χ0) is 10.8. The van der Waals surface area contributed by atoms with Crippen LogP contribution in [-0.2, 0) is 6.54 Å². The fourth-order valence-corrected chi connectivity index (χ4v) is 1.48. The van der Waals surface area contributed by atoms with Crippen molar-refractivity contribution in [2.24, 2.45) is 5.73 Å². The third-order valence-electron chi connectivity index (χ3n) is 2.36. The Morgan fingerprint density at radius 1 is 1.47 bits per heavy atom. The second-order valence-electron chi connectivity index (χ2n) is 3.36. The van der Waals surface area contributed by atoms with Gasteiger partial charge in [-0.05, 0) is 19.1 Å². The van der Waals surface area contributed by atoms with Crippen LogP contribution in [0.15, 0.2) is 30.7 Å². The maximum atomic E-state index is 13.3. The van der Waals surface area contributed by atoms with E-state index in [9.17, 15) is 4.39 Å². The predicted octanol–water partition coefficient (Wildman–Crippen LogP) is 1.78. The predicted molar refractivity (Wildman–Crippen MR) is 56.2 cm³/mol. The highest BCUT2D eigenvalue weighted by atomic mass is 19.1. The molecule has 3 nitrogen and oxygen atoms in total. The fourth-order valence-electron chi connectivity index (χ4n) is 1.48. The summed E-state index contributed by atoms with van der Waals surface area (Å²) in [6, 6.07) is 4.97. The summed E-state index contributed by atoms with van der Waals surface area (Å²) >= 11 is 0. The minimum Gasteiger partial charge on any atom is -0.325 e. The van der Waals surface area contributed by atoms with Crippen LogP contribution in [0.1, 0.15) is 11.3 Å². The van der Waals surface area contributed by atoms with Crippen LogP contribution < -0.4 is 5.73 Å². The molecule has 1 aromatic carbocycles. The van der Waals surface area contributed by atoms with Crippen molar-refractivity contribution in [3.05, 3.63) is 47.8 Å². The van der Waals surface area contributed by atoms with Crippen molar-refractivity contribution in [2.75, 3.05) is 0 Å². The van der Waals surface area contributed by atoms with Crippen molar-refractivity contribution in [3.63, 3.8) is 0 Å². The molecule has 0 amide bonds. The van der Waals surface area contributed by atoms with Crippen LogP contribution in [0.5, 0.6) is 0 Å². The van der Waals surface area contributed by atoms with Crippen LogP contribution in [0.4, 0.5) is 4.39 Å². The van der Waals surface area contributed by atoms with Gasteiger partial charge in [-0.25, -0.2) is 9.37 Å². The van der Waals surface area contributed by atoms with Crippen molar-refractivity contribution < 1.29 is 4.39 Å². The van der Waals surface area contributed by atoms with Crippen molar-refractivity contribution in [1.82, 2.24) is 9.55 Å². The summed E-state index contributed by atoms with van der Waals surface area (Å²) in [5.41, 5.74) is 7.65. The molecule has 78 valence electrons.